The third-order valence-electron chi connectivity index (χ3n) is 3.86. The Bertz CT molecular complexity index is 476. The number of hydrogen-bond donors (Lipinski definition) is 3. The number of amides is 2. The fraction of sp³-hybridized carbons (Fsp3) is 0.500. The van der Waals surface area contributed by atoms with E-state index in [2.05, 4.69) is 10.6 Å². The Labute approximate surface area is 113 Å². The molecule has 1 saturated carbocycles. The Kier molecular flexibility index (Phi) is 3.29. The molecule has 102 valence electrons. The summed E-state index contributed by atoms with van der Waals surface area (Å²) in [4.78, 5) is 13.4. The van der Waals surface area contributed by atoms with E-state index in [4.69, 9.17) is 5.73 Å². The van der Waals surface area contributed by atoms with Crippen molar-refractivity contribution in [2.24, 2.45) is 5.73 Å². The first-order chi connectivity index (χ1) is 9.22. The lowest BCUT2D eigenvalue weighted by molar-refractivity contribution is 0.252. The maximum absolute atomic E-state index is 11.7. The second-order valence-electron chi connectivity index (χ2n) is 5.35. The zero-order chi connectivity index (χ0) is 13.2. The van der Waals surface area contributed by atoms with E-state index >= 15 is 0 Å². The molecule has 2 unspecified atom stereocenters. The lowest BCUT2D eigenvalue weighted by Crippen LogP contribution is -2.27. The fourth-order valence-electron chi connectivity index (χ4n) is 2.86. The molecule has 1 aromatic carbocycles. The van der Waals surface area contributed by atoms with Gasteiger partial charge in [0, 0.05) is 36.5 Å². The summed E-state index contributed by atoms with van der Waals surface area (Å²) in [5.41, 5.74) is 7.94. The molecule has 1 aliphatic heterocycles. The van der Waals surface area contributed by atoms with Crippen molar-refractivity contribution in [2.45, 2.75) is 31.3 Å². The first-order valence-corrected chi connectivity index (χ1v) is 6.90. The van der Waals surface area contributed by atoms with E-state index in [9.17, 15) is 4.79 Å². The van der Waals surface area contributed by atoms with E-state index in [-0.39, 0.29) is 6.03 Å². The average molecular weight is 260 g/mol. The molecule has 0 aromatic heterocycles. The monoisotopic (exact) mass is 260 g/mol. The molecule has 5 heteroatoms. The minimum atomic E-state index is -0.0139. The molecule has 0 bridgehead atoms. The van der Waals surface area contributed by atoms with Gasteiger partial charge in [-0.3, -0.25) is 4.90 Å². The number of carbonyl (C=O) groups excluding carboxylic acids is 1. The van der Waals surface area contributed by atoms with Gasteiger partial charge in [0.2, 0.25) is 0 Å². The molecule has 1 aliphatic carbocycles. The van der Waals surface area contributed by atoms with Crippen LogP contribution in [0.3, 0.4) is 0 Å². The topological polar surface area (TPSA) is 70.4 Å². The van der Waals surface area contributed by atoms with Crippen molar-refractivity contribution < 1.29 is 4.79 Å². The number of nitrogens with one attached hydrogen (secondary N) is 2. The number of nitrogens with zero attached hydrogens (tertiary/aromatic N) is 1. The molecule has 4 N–H and O–H groups in total. The van der Waals surface area contributed by atoms with E-state index in [1.165, 1.54) is 0 Å². The molecule has 2 aliphatic rings. The molecule has 2 fully saturated rings. The Morgan fingerprint density at radius 1 is 1.37 bits per heavy atom. The molecule has 3 rings (SSSR count). The Balaban J connectivity index is 1.71. The van der Waals surface area contributed by atoms with Gasteiger partial charge in [-0.25, -0.2) is 4.79 Å². The minimum absolute atomic E-state index is 0.0139. The van der Waals surface area contributed by atoms with Crippen LogP contribution in [0.25, 0.3) is 0 Å². The SMILES string of the molecule is NC1CCC(Nc2cccc(N3CCNC3=O)c2)C1. The molecule has 19 heavy (non-hydrogen) atoms. The van der Waals surface area contributed by atoms with Crippen molar-refractivity contribution in [3.63, 3.8) is 0 Å². The highest BCUT2D eigenvalue weighted by Gasteiger charge is 2.23. The van der Waals surface area contributed by atoms with Gasteiger partial charge in [0.25, 0.3) is 0 Å². The Morgan fingerprint density at radius 3 is 2.95 bits per heavy atom. The summed E-state index contributed by atoms with van der Waals surface area (Å²) in [5.74, 6) is 0. The highest BCUT2D eigenvalue weighted by atomic mass is 16.2. The van der Waals surface area contributed by atoms with Crippen LogP contribution in [-0.2, 0) is 0 Å². The summed E-state index contributed by atoms with van der Waals surface area (Å²) in [6, 6.07) is 8.80. The van der Waals surface area contributed by atoms with Crippen LogP contribution in [0.4, 0.5) is 16.2 Å². The first kappa shape index (κ1) is 12.3. The maximum atomic E-state index is 11.7. The molecule has 2 amide bonds. The van der Waals surface area contributed by atoms with Crippen molar-refractivity contribution >= 4 is 17.4 Å². The maximum Gasteiger partial charge on any atom is 0.321 e. The van der Waals surface area contributed by atoms with Crippen LogP contribution in [-0.4, -0.2) is 31.2 Å². The highest BCUT2D eigenvalue weighted by molar-refractivity contribution is 5.94. The fourth-order valence-corrected chi connectivity index (χ4v) is 2.86. The van der Waals surface area contributed by atoms with E-state index in [1.807, 2.05) is 24.3 Å². The zero-order valence-corrected chi connectivity index (χ0v) is 10.9. The van der Waals surface area contributed by atoms with Crippen LogP contribution in [0.5, 0.6) is 0 Å². The molecule has 2 atom stereocenters. The smallest absolute Gasteiger partial charge is 0.321 e. The normalized spacial score (nSPS) is 26.6. The van der Waals surface area contributed by atoms with Crippen LogP contribution < -0.4 is 21.3 Å². The van der Waals surface area contributed by atoms with Gasteiger partial charge in [0.15, 0.2) is 0 Å². The number of hydrogen-bond acceptors (Lipinski definition) is 3. The van der Waals surface area contributed by atoms with Crippen molar-refractivity contribution in [2.75, 3.05) is 23.3 Å². The molecular formula is C14H20N4O. The van der Waals surface area contributed by atoms with Crippen molar-refractivity contribution in [3.8, 4) is 0 Å². The molecule has 1 aromatic rings. The summed E-state index contributed by atoms with van der Waals surface area (Å²) >= 11 is 0. The van der Waals surface area contributed by atoms with Crippen LogP contribution in [0, 0.1) is 0 Å². The second-order valence-corrected chi connectivity index (χ2v) is 5.35. The molecule has 0 radical (unpaired) electrons. The van der Waals surface area contributed by atoms with Crippen LogP contribution in [0.2, 0.25) is 0 Å². The number of urea groups is 1. The van der Waals surface area contributed by atoms with Crippen LogP contribution in [0.1, 0.15) is 19.3 Å². The van der Waals surface area contributed by atoms with Crippen LogP contribution >= 0.6 is 0 Å². The largest absolute Gasteiger partial charge is 0.382 e. The molecule has 1 heterocycles. The molecule has 1 saturated heterocycles. The quantitative estimate of drug-likeness (QED) is 0.771. The first-order valence-electron chi connectivity index (χ1n) is 6.90. The predicted molar refractivity (Wildman–Crippen MR) is 76.4 cm³/mol. The molecule has 0 spiro atoms. The van der Waals surface area contributed by atoms with Gasteiger partial charge in [-0.05, 0) is 37.5 Å². The van der Waals surface area contributed by atoms with Crippen molar-refractivity contribution in [1.82, 2.24) is 5.32 Å². The van der Waals surface area contributed by atoms with Gasteiger partial charge < -0.3 is 16.4 Å². The van der Waals surface area contributed by atoms with Gasteiger partial charge >= 0.3 is 6.03 Å². The Morgan fingerprint density at radius 2 is 2.26 bits per heavy atom. The number of benzene rings is 1. The second kappa shape index (κ2) is 5.09. The van der Waals surface area contributed by atoms with Gasteiger partial charge in [-0.1, -0.05) is 6.07 Å². The summed E-state index contributed by atoms with van der Waals surface area (Å²) in [7, 11) is 0. The highest BCUT2D eigenvalue weighted by Crippen LogP contribution is 2.25. The van der Waals surface area contributed by atoms with Gasteiger partial charge in [0.1, 0.15) is 0 Å². The van der Waals surface area contributed by atoms with E-state index < -0.39 is 0 Å². The minimum Gasteiger partial charge on any atom is -0.382 e. The third kappa shape index (κ3) is 2.66. The number of carbonyl (C=O) groups is 1. The summed E-state index contributed by atoms with van der Waals surface area (Å²) in [6.07, 6.45) is 3.23. The summed E-state index contributed by atoms with van der Waals surface area (Å²) < 4.78 is 0. The van der Waals surface area contributed by atoms with Crippen molar-refractivity contribution in [1.29, 1.82) is 0 Å². The van der Waals surface area contributed by atoms with E-state index in [0.29, 0.717) is 18.6 Å². The summed E-state index contributed by atoms with van der Waals surface area (Å²) in [6.45, 7) is 1.45. The number of anilines is 2. The lowest BCUT2D eigenvalue weighted by Gasteiger charge is -2.18. The van der Waals surface area contributed by atoms with E-state index in [0.717, 1.165) is 37.2 Å². The Hall–Kier alpha value is -1.75. The third-order valence-corrected chi connectivity index (χ3v) is 3.86. The zero-order valence-electron chi connectivity index (χ0n) is 10.9. The number of rotatable bonds is 3. The van der Waals surface area contributed by atoms with Gasteiger partial charge in [-0.15, -0.1) is 0 Å². The molecular weight excluding hydrogens is 240 g/mol. The number of nitrogens with two attached hydrogens (primary N) is 1. The van der Waals surface area contributed by atoms with Gasteiger partial charge in [-0.2, -0.15) is 0 Å². The molecule has 5 nitrogen and oxygen atoms in total. The predicted octanol–water partition coefficient (Wildman–Crippen LogP) is 1.51. The standard InChI is InChI=1S/C14H20N4O/c15-10-4-5-12(8-10)17-11-2-1-3-13(9-11)18-7-6-16-14(18)19/h1-3,9-10,12,17H,4-8,15H2,(H,16,19). The lowest BCUT2D eigenvalue weighted by atomic mass is 10.2. The van der Waals surface area contributed by atoms with Crippen LogP contribution in [0.15, 0.2) is 24.3 Å². The van der Waals surface area contributed by atoms with Crippen molar-refractivity contribution in [3.05, 3.63) is 24.3 Å². The van der Waals surface area contributed by atoms with Gasteiger partial charge in [0.05, 0.1) is 0 Å². The summed E-state index contributed by atoms with van der Waals surface area (Å²) in [5, 5.41) is 6.33. The van der Waals surface area contributed by atoms with E-state index in [1.54, 1.807) is 4.90 Å². The average Bonchev–Trinajstić information content (AvgIpc) is 2.99.